The van der Waals surface area contributed by atoms with E-state index in [0.29, 0.717) is 11.8 Å². The van der Waals surface area contributed by atoms with E-state index >= 15 is 0 Å². The van der Waals surface area contributed by atoms with Gasteiger partial charge in [0.25, 0.3) is 0 Å². The van der Waals surface area contributed by atoms with E-state index in [-0.39, 0.29) is 5.78 Å². The van der Waals surface area contributed by atoms with Gasteiger partial charge in [0, 0.05) is 6.42 Å². The van der Waals surface area contributed by atoms with Crippen molar-refractivity contribution in [3.63, 3.8) is 0 Å². The van der Waals surface area contributed by atoms with Gasteiger partial charge in [0.15, 0.2) is 5.78 Å². The van der Waals surface area contributed by atoms with E-state index in [1.54, 1.807) is 0 Å². The maximum Gasteiger partial charge on any atom is 0.155 e. The molecule has 1 heteroatoms. The molecule has 3 unspecified atom stereocenters. The normalized spacial score (nSPS) is 32.1. The molecule has 1 saturated carbocycles. The lowest BCUT2D eigenvalue weighted by Crippen LogP contribution is -2.39. The smallest absolute Gasteiger partial charge is 0.155 e. The zero-order valence-electron chi connectivity index (χ0n) is 12.0. The minimum absolute atomic E-state index is 0.194. The van der Waals surface area contributed by atoms with E-state index in [0.717, 1.165) is 24.2 Å². The summed E-state index contributed by atoms with van der Waals surface area (Å²) in [5, 5.41) is 0. The molecule has 0 aromatic carbocycles. The number of allylic oxidation sites excluding steroid dienone is 1. The van der Waals surface area contributed by atoms with Gasteiger partial charge >= 0.3 is 0 Å². The topological polar surface area (TPSA) is 17.1 Å². The first-order valence-electron chi connectivity index (χ1n) is 7.04. The molecule has 0 amide bonds. The third kappa shape index (κ3) is 3.43. The zero-order chi connectivity index (χ0) is 13.1. The lowest BCUT2D eigenvalue weighted by Gasteiger charge is -2.47. The van der Waals surface area contributed by atoms with Crippen molar-refractivity contribution in [3.8, 4) is 0 Å². The summed E-state index contributed by atoms with van der Waals surface area (Å²) in [5.41, 5.74) is 0.425. The van der Waals surface area contributed by atoms with Gasteiger partial charge in [-0.15, -0.1) is 0 Å². The van der Waals surface area contributed by atoms with Gasteiger partial charge in [-0.2, -0.15) is 0 Å². The zero-order valence-corrected chi connectivity index (χ0v) is 12.0. The van der Waals surface area contributed by atoms with E-state index in [2.05, 4.69) is 34.3 Å². The van der Waals surface area contributed by atoms with Gasteiger partial charge < -0.3 is 0 Å². The van der Waals surface area contributed by atoms with Gasteiger partial charge in [0.05, 0.1) is 0 Å². The molecule has 0 aromatic heterocycles. The van der Waals surface area contributed by atoms with Crippen LogP contribution in [0.5, 0.6) is 0 Å². The number of hydrogen-bond acceptors (Lipinski definition) is 1. The maximum atomic E-state index is 11.2. The summed E-state index contributed by atoms with van der Waals surface area (Å²) < 4.78 is 0. The van der Waals surface area contributed by atoms with Crippen molar-refractivity contribution in [1.82, 2.24) is 0 Å². The van der Waals surface area contributed by atoms with Crippen LogP contribution in [0.2, 0.25) is 0 Å². The second kappa shape index (κ2) is 5.84. The SMILES string of the molecule is C=CC(=O)CCCC1C(C)CCC(C)C1(C)C. The molecule has 0 radical (unpaired) electrons. The van der Waals surface area contributed by atoms with Crippen molar-refractivity contribution in [2.24, 2.45) is 23.2 Å². The fourth-order valence-electron chi connectivity index (χ4n) is 3.44. The molecule has 0 saturated heterocycles. The Kier molecular flexibility index (Phi) is 4.97. The molecule has 0 heterocycles. The fourth-order valence-corrected chi connectivity index (χ4v) is 3.44. The second-order valence-corrected chi connectivity index (χ2v) is 6.45. The lowest BCUT2D eigenvalue weighted by molar-refractivity contribution is -0.114. The number of hydrogen-bond donors (Lipinski definition) is 0. The third-order valence-electron chi connectivity index (χ3n) is 5.13. The van der Waals surface area contributed by atoms with E-state index in [1.165, 1.54) is 25.3 Å². The number of carbonyl (C=O) groups excluding carboxylic acids is 1. The summed E-state index contributed by atoms with van der Waals surface area (Å²) in [7, 11) is 0. The average Bonchev–Trinajstić information content (AvgIpc) is 2.28. The number of rotatable bonds is 5. The van der Waals surface area contributed by atoms with Crippen molar-refractivity contribution >= 4 is 5.78 Å². The van der Waals surface area contributed by atoms with Crippen molar-refractivity contribution in [1.29, 1.82) is 0 Å². The average molecular weight is 236 g/mol. The van der Waals surface area contributed by atoms with E-state index in [1.807, 2.05) is 0 Å². The Hall–Kier alpha value is -0.590. The van der Waals surface area contributed by atoms with Crippen molar-refractivity contribution in [2.45, 2.75) is 59.8 Å². The summed E-state index contributed by atoms with van der Waals surface area (Å²) in [6, 6.07) is 0. The molecule has 0 spiro atoms. The second-order valence-electron chi connectivity index (χ2n) is 6.45. The molecule has 1 rings (SSSR count). The molecule has 0 aromatic rings. The van der Waals surface area contributed by atoms with Crippen LogP contribution in [0, 0.1) is 23.2 Å². The summed E-state index contributed by atoms with van der Waals surface area (Å²) >= 11 is 0. The quantitative estimate of drug-likeness (QED) is 0.637. The van der Waals surface area contributed by atoms with Crippen LogP contribution < -0.4 is 0 Å². The Bertz CT molecular complexity index is 277. The molecular weight excluding hydrogens is 208 g/mol. The van der Waals surface area contributed by atoms with Gasteiger partial charge in [0.2, 0.25) is 0 Å². The van der Waals surface area contributed by atoms with Crippen LogP contribution in [0.4, 0.5) is 0 Å². The first-order valence-corrected chi connectivity index (χ1v) is 7.04. The Morgan fingerprint density at radius 2 is 2.00 bits per heavy atom. The molecule has 1 aliphatic carbocycles. The predicted octanol–water partition coefficient (Wildman–Crippen LogP) is 4.62. The minimum atomic E-state index is 0.194. The van der Waals surface area contributed by atoms with Crippen molar-refractivity contribution in [2.75, 3.05) is 0 Å². The first kappa shape index (κ1) is 14.5. The fraction of sp³-hybridized carbons (Fsp3) is 0.812. The minimum Gasteiger partial charge on any atom is -0.295 e. The summed E-state index contributed by atoms with van der Waals surface area (Å²) in [4.78, 5) is 11.2. The molecule has 17 heavy (non-hydrogen) atoms. The highest BCUT2D eigenvalue weighted by Crippen LogP contribution is 2.49. The van der Waals surface area contributed by atoms with Gasteiger partial charge in [-0.3, -0.25) is 4.79 Å². The Balaban J connectivity index is 2.54. The van der Waals surface area contributed by atoms with Gasteiger partial charge in [-0.25, -0.2) is 0 Å². The van der Waals surface area contributed by atoms with Crippen molar-refractivity contribution < 1.29 is 4.79 Å². The lowest BCUT2D eigenvalue weighted by atomic mass is 9.58. The summed E-state index contributed by atoms with van der Waals surface area (Å²) in [6.07, 6.45) is 7.06. The van der Waals surface area contributed by atoms with Gasteiger partial charge in [-0.05, 0) is 48.5 Å². The van der Waals surface area contributed by atoms with E-state index < -0.39 is 0 Å². The van der Waals surface area contributed by atoms with E-state index in [9.17, 15) is 4.79 Å². The highest BCUT2D eigenvalue weighted by atomic mass is 16.1. The van der Waals surface area contributed by atoms with Crippen LogP contribution in [0.1, 0.15) is 59.8 Å². The molecule has 1 fully saturated rings. The van der Waals surface area contributed by atoms with Gasteiger partial charge in [-0.1, -0.05) is 40.7 Å². The molecule has 1 nitrogen and oxygen atoms in total. The van der Waals surface area contributed by atoms with Crippen LogP contribution >= 0.6 is 0 Å². The monoisotopic (exact) mass is 236 g/mol. The Labute approximate surface area is 107 Å². The molecule has 3 atom stereocenters. The van der Waals surface area contributed by atoms with Crippen LogP contribution in [0.25, 0.3) is 0 Å². The van der Waals surface area contributed by atoms with Crippen molar-refractivity contribution in [3.05, 3.63) is 12.7 Å². The molecule has 0 bridgehead atoms. The first-order chi connectivity index (χ1) is 7.89. The van der Waals surface area contributed by atoms with Crippen LogP contribution in [-0.2, 0) is 4.79 Å². The number of ketones is 1. The third-order valence-corrected chi connectivity index (χ3v) is 5.13. The predicted molar refractivity (Wildman–Crippen MR) is 73.9 cm³/mol. The Morgan fingerprint density at radius 3 is 2.59 bits per heavy atom. The molecule has 0 aliphatic heterocycles. The van der Waals surface area contributed by atoms with Crippen LogP contribution in [0.15, 0.2) is 12.7 Å². The van der Waals surface area contributed by atoms with E-state index in [4.69, 9.17) is 0 Å². The standard InChI is InChI=1S/C16H28O/c1-6-14(17)8-7-9-15-12(2)10-11-13(3)16(15,4)5/h6,12-13,15H,1,7-11H2,2-5H3. The molecular formula is C16H28O. The highest BCUT2D eigenvalue weighted by Gasteiger charge is 2.40. The van der Waals surface area contributed by atoms with Crippen LogP contribution in [-0.4, -0.2) is 5.78 Å². The van der Waals surface area contributed by atoms with Gasteiger partial charge in [0.1, 0.15) is 0 Å². The summed E-state index contributed by atoms with van der Waals surface area (Å²) in [6.45, 7) is 13.1. The molecule has 1 aliphatic rings. The van der Waals surface area contributed by atoms with Crippen LogP contribution in [0.3, 0.4) is 0 Å². The maximum absolute atomic E-state index is 11.2. The highest BCUT2D eigenvalue weighted by molar-refractivity contribution is 5.88. The number of carbonyl (C=O) groups is 1. The summed E-state index contributed by atoms with van der Waals surface area (Å²) in [5.74, 6) is 2.57. The molecule has 98 valence electrons. The Morgan fingerprint density at radius 1 is 1.35 bits per heavy atom. The largest absolute Gasteiger partial charge is 0.295 e. The molecule has 0 N–H and O–H groups in total.